The molecule has 0 amide bonds. The van der Waals surface area contributed by atoms with Gasteiger partial charge in [-0.05, 0) is 32.2 Å². The Morgan fingerprint density at radius 2 is 2.07 bits per heavy atom. The maximum Gasteiger partial charge on any atom is 0.0930 e. The molecule has 0 aliphatic rings. The maximum atomic E-state index is 4.20. The molecule has 2 rings (SSSR count). The number of nitrogens with zero attached hydrogens (tertiary/aromatic N) is 2. The van der Waals surface area contributed by atoms with Gasteiger partial charge < -0.3 is 5.32 Å². The summed E-state index contributed by atoms with van der Waals surface area (Å²) in [6.45, 7) is 3.03. The van der Waals surface area contributed by atoms with E-state index in [1.807, 2.05) is 13.1 Å². The Hall–Kier alpha value is -1.48. The van der Waals surface area contributed by atoms with Crippen molar-refractivity contribution in [3.05, 3.63) is 35.5 Å². The summed E-state index contributed by atoms with van der Waals surface area (Å²) in [7, 11) is 1.94. The van der Waals surface area contributed by atoms with Crippen LogP contribution in [-0.4, -0.2) is 23.8 Å². The van der Waals surface area contributed by atoms with Crippen molar-refractivity contribution in [1.82, 2.24) is 15.5 Å². The number of likely N-dealkylation sites (N-methyl/N-ethyl adjacent to an activating group) is 1. The zero-order valence-corrected chi connectivity index (χ0v) is 9.12. The van der Waals surface area contributed by atoms with Gasteiger partial charge in [0, 0.05) is 18.4 Å². The zero-order chi connectivity index (χ0) is 10.7. The quantitative estimate of drug-likeness (QED) is 0.821. The topological polar surface area (TPSA) is 37.8 Å². The number of nitrogens with one attached hydrogen (secondary N) is 1. The van der Waals surface area contributed by atoms with Gasteiger partial charge in [-0.1, -0.05) is 11.6 Å². The number of fused-ring (bicyclic) bond motifs is 1. The second-order valence-electron chi connectivity index (χ2n) is 3.75. The summed E-state index contributed by atoms with van der Waals surface area (Å²) in [6.07, 6.45) is 0.924. The Labute approximate surface area is 89.5 Å². The van der Waals surface area contributed by atoms with Gasteiger partial charge in [-0.3, -0.25) is 0 Å². The number of aryl methyl sites for hydroxylation is 1. The number of benzene rings is 1. The second-order valence-corrected chi connectivity index (χ2v) is 3.75. The Kier molecular flexibility index (Phi) is 2.92. The van der Waals surface area contributed by atoms with Gasteiger partial charge >= 0.3 is 0 Å². The molecule has 3 heteroatoms. The fourth-order valence-corrected chi connectivity index (χ4v) is 1.58. The molecular weight excluding hydrogens is 186 g/mol. The molecule has 0 fully saturated rings. The van der Waals surface area contributed by atoms with Crippen molar-refractivity contribution in [3.8, 4) is 0 Å². The third-order valence-electron chi connectivity index (χ3n) is 2.42. The average Bonchev–Trinajstić information content (AvgIpc) is 2.25. The van der Waals surface area contributed by atoms with Crippen LogP contribution in [0.3, 0.4) is 0 Å². The van der Waals surface area contributed by atoms with Crippen molar-refractivity contribution < 1.29 is 0 Å². The fraction of sp³-hybridized carbons (Fsp3) is 0.333. The molecule has 15 heavy (non-hydrogen) atoms. The predicted molar refractivity (Wildman–Crippen MR) is 61.9 cm³/mol. The Bertz CT molecular complexity index is 465. The molecule has 0 radical (unpaired) electrons. The van der Waals surface area contributed by atoms with E-state index in [2.05, 4.69) is 40.6 Å². The molecule has 0 aliphatic carbocycles. The molecular formula is C12H15N3. The molecule has 2 aromatic rings. The molecule has 3 nitrogen and oxygen atoms in total. The predicted octanol–water partition coefficient (Wildman–Crippen LogP) is 1.70. The molecule has 0 saturated heterocycles. The Morgan fingerprint density at radius 1 is 1.20 bits per heavy atom. The summed E-state index contributed by atoms with van der Waals surface area (Å²) >= 11 is 0. The molecule has 0 spiro atoms. The number of hydrogen-bond acceptors (Lipinski definition) is 3. The van der Waals surface area contributed by atoms with Crippen molar-refractivity contribution in [1.29, 1.82) is 0 Å². The van der Waals surface area contributed by atoms with Crippen molar-refractivity contribution in [2.75, 3.05) is 13.6 Å². The highest BCUT2D eigenvalue weighted by atomic mass is 15.1. The number of rotatable bonds is 3. The maximum absolute atomic E-state index is 4.20. The van der Waals surface area contributed by atoms with E-state index >= 15 is 0 Å². The standard InChI is InChI=1S/C12H15N3/c1-9-3-4-12-10(7-9)8-11(14-15-12)5-6-13-2/h3-4,7-8,13H,5-6H2,1-2H3. The van der Waals surface area contributed by atoms with E-state index in [1.54, 1.807) is 0 Å². The lowest BCUT2D eigenvalue weighted by Crippen LogP contribution is -2.11. The van der Waals surface area contributed by atoms with Crippen LogP contribution in [0.15, 0.2) is 24.3 Å². The van der Waals surface area contributed by atoms with Crippen molar-refractivity contribution >= 4 is 10.9 Å². The molecule has 1 N–H and O–H groups in total. The van der Waals surface area contributed by atoms with E-state index in [0.717, 1.165) is 24.2 Å². The highest BCUT2D eigenvalue weighted by Gasteiger charge is 1.99. The van der Waals surface area contributed by atoms with Gasteiger partial charge in [0.1, 0.15) is 0 Å². The van der Waals surface area contributed by atoms with Gasteiger partial charge in [0.05, 0.1) is 11.2 Å². The van der Waals surface area contributed by atoms with Crippen LogP contribution in [0.5, 0.6) is 0 Å². The van der Waals surface area contributed by atoms with Gasteiger partial charge in [0.2, 0.25) is 0 Å². The van der Waals surface area contributed by atoms with E-state index < -0.39 is 0 Å². The van der Waals surface area contributed by atoms with Crippen LogP contribution in [0.1, 0.15) is 11.3 Å². The van der Waals surface area contributed by atoms with E-state index in [9.17, 15) is 0 Å². The minimum Gasteiger partial charge on any atom is -0.319 e. The molecule has 0 saturated carbocycles. The van der Waals surface area contributed by atoms with Crippen molar-refractivity contribution in [3.63, 3.8) is 0 Å². The summed E-state index contributed by atoms with van der Waals surface area (Å²) in [5.74, 6) is 0. The van der Waals surface area contributed by atoms with Crippen LogP contribution < -0.4 is 5.32 Å². The summed E-state index contributed by atoms with van der Waals surface area (Å²) in [5.41, 5.74) is 3.27. The van der Waals surface area contributed by atoms with Crippen LogP contribution in [0.25, 0.3) is 10.9 Å². The minimum absolute atomic E-state index is 0.924. The summed E-state index contributed by atoms with van der Waals surface area (Å²) in [4.78, 5) is 0. The van der Waals surface area contributed by atoms with Crippen molar-refractivity contribution in [2.24, 2.45) is 0 Å². The molecule has 1 heterocycles. The Balaban J connectivity index is 2.36. The highest BCUT2D eigenvalue weighted by Crippen LogP contribution is 2.13. The minimum atomic E-state index is 0.924. The molecule has 78 valence electrons. The van der Waals surface area contributed by atoms with Crippen LogP contribution in [0, 0.1) is 6.92 Å². The first-order chi connectivity index (χ1) is 7.29. The highest BCUT2D eigenvalue weighted by molar-refractivity contribution is 5.78. The lowest BCUT2D eigenvalue weighted by atomic mass is 10.1. The molecule has 1 aromatic carbocycles. The van der Waals surface area contributed by atoms with Gasteiger partial charge in [-0.15, -0.1) is 0 Å². The van der Waals surface area contributed by atoms with Gasteiger partial charge in [0.25, 0.3) is 0 Å². The molecule has 0 atom stereocenters. The zero-order valence-electron chi connectivity index (χ0n) is 9.12. The molecule has 0 unspecified atom stereocenters. The van der Waals surface area contributed by atoms with Gasteiger partial charge in [0.15, 0.2) is 0 Å². The van der Waals surface area contributed by atoms with Crippen molar-refractivity contribution in [2.45, 2.75) is 13.3 Å². The second kappa shape index (κ2) is 4.36. The van der Waals surface area contributed by atoms with E-state index in [1.165, 1.54) is 10.9 Å². The van der Waals surface area contributed by atoms with E-state index in [4.69, 9.17) is 0 Å². The van der Waals surface area contributed by atoms with Gasteiger partial charge in [-0.25, -0.2) is 0 Å². The summed E-state index contributed by atoms with van der Waals surface area (Å²) in [6, 6.07) is 8.34. The molecule has 0 aliphatic heterocycles. The SMILES string of the molecule is CNCCc1cc2cc(C)ccc2nn1. The Morgan fingerprint density at radius 3 is 2.87 bits per heavy atom. The average molecular weight is 201 g/mol. The number of aromatic nitrogens is 2. The van der Waals surface area contributed by atoms with Crippen LogP contribution in [0.2, 0.25) is 0 Å². The first kappa shape index (κ1) is 10.1. The van der Waals surface area contributed by atoms with Crippen LogP contribution in [0.4, 0.5) is 0 Å². The van der Waals surface area contributed by atoms with Crippen LogP contribution in [-0.2, 0) is 6.42 Å². The third kappa shape index (κ3) is 2.30. The molecule has 0 bridgehead atoms. The molecule has 1 aromatic heterocycles. The fourth-order valence-electron chi connectivity index (χ4n) is 1.58. The lowest BCUT2D eigenvalue weighted by Gasteiger charge is -2.02. The van der Waals surface area contributed by atoms with E-state index in [0.29, 0.717) is 0 Å². The summed E-state index contributed by atoms with van der Waals surface area (Å²) in [5, 5.41) is 12.7. The smallest absolute Gasteiger partial charge is 0.0930 e. The van der Waals surface area contributed by atoms with Gasteiger partial charge in [-0.2, -0.15) is 10.2 Å². The van der Waals surface area contributed by atoms with Crippen LogP contribution >= 0.6 is 0 Å². The first-order valence-corrected chi connectivity index (χ1v) is 5.17. The third-order valence-corrected chi connectivity index (χ3v) is 2.42. The monoisotopic (exact) mass is 201 g/mol. The van der Waals surface area contributed by atoms with E-state index in [-0.39, 0.29) is 0 Å². The largest absolute Gasteiger partial charge is 0.319 e. The normalized spacial score (nSPS) is 10.8. The summed E-state index contributed by atoms with van der Waals surface area (Å²) < 4.78 is 0. The number of hydrogen-bond donors (Lipinski definition) is 1. The lowest BCUT2D eigenvalue weighted by molar-refractivity contribution is 0.766. The first-order valence-electron chi connectivity index (χ1n) is 5.17.